The van der Waals surface area contributed by atoms with Gasteiger partial charge in [0.15, 0.2) is 0 Å². The molecule has 138 valence electrons. The van der Waals surface area contributed by atoms with Crippen LogP contribution >= 0.6 is 0 Å². The van der Waals surface area contributed by atoms with E-state index in [1.165, 1.54) is 0 Å². The lowest BCUT2D eigenvalue weighted by Crippen LogP contribution is -2.53. The van der Waals surface area contributed by atoms with Crippen LogP contribution in [0.1, 0.15) is 44.7 Å². The van der Waals surface area contributed by atoms with Crippen molar-refractivity contribution >= 4 is 6.03 Å². The molecule has 0 spiro atoms. The van der Waals surface area contributed by atoms with Crippen LogP contribution < -0.4 is 10.6 Å². The number of hydrogen-bond acceptors (Lipinski definition) is 4. The zero-order chi connectivity index (χ0) is 17.6. The molecule has 3 N–H and O–H groups in total. The number of likely N-dealkylation sites (tertiary alicyclic amines) is 1. The van der Waals surface area contributed by atoms with Crippen LogP contribution in [0.25, 0.3) is 0 Å². The van der Waals surface area contributed by atoms with Crippen LogP contribution in [-0.4, -0.2) is 52.3 Å². The van der Waals surface area contributed by atoms with Crippen LogP contribution in [0, 0.1) is 5.92 Å². The van der Waals surface area contributed by atoms with E-state index in [4.69, 9.17) is 0 Å². The fraction of sp³-hybridized carbons (Fsp3) is 0.684. The van der Waals surface area contributed by atoms with E-state index in [9.17, 15) is 9.90 Å². The van der Waals surface area contributed by atoms with Crippen molar-refractivity contribution in [3.63, 3.8) is 0 Å². The summed E-state index contributed by atoms with van der Waals surface area (Å²) in [6.45, 7) is 5.01. The van der Waals surface area contributed by atoms with Crippen molar-refractivity contribution < 1.29 is 9.90 Å². The predicted molar refractivity (Wildman–Crippen MR) is 97.0 cm³/mol. The van der Waals surface area contributed by atoms with Crippen molar-refractivity contribution in [3.8, 4) is 0 Å². The van der Waals surface area contributed by atoms with Crippen LogP contribution in [0.2, 0.25) is 0 Å². The van der Waals surface area contributed by atoms with Gasteiger partial charge in [-0.25, -0.2) is 4.79 Å². The lowest BCUT2D eigenvalue weighted by atomic mass is 9.93. The van der Waals surface area contributed by atoms with Crippen molar-refractivity contribution in [2.24, 2.45) is 5.92 Å². The van der Waals surface area contributed by atoms with Gasteiger partial charge in [-0.3, -0.25) is 9.88 Å². The van der Waals surface area contributed by atoms with Gasteiger partial charge >= 0.3 is 6.03 Å². The summed E-state index contributed by atoms with van der Waals surface area (Å²) in [7, 11) is 0. The number of aromatic nitrogens is 1. The second kappa shape index (κ2) is 8.63. The van der Waals surface area contributed by atoms with Crippen LogP contribution in [0.3, 0.4) is 0 Å². The highest BCUT2D eigenvalue weighted by Crippen LogP contribution is 2.20. The first-order chi connectivity index (χ1) is 12.1. The number of aliphatic hydroxyl groups excluding tert-OH is 1. The predicted octanol–water partition coefficient (Wildman–Crippen LogP) is 1.89. The summed E-state index contributed by atoms with van der Waals surface area (Å²) >= 11 is 0. The van der Waals surface area contributed by atoms with Gasteiger partial charge in [-0.1, -0.05) is 13.0 Å². The number of hydrogen-bond donors (Lipinski definition) is 3. The van der Waals surface area contributed by atoms with E-state index in [1.54, 1.807) is 0 Å². The SMILES string of the molecule is CC1CN(Cc2ccccn2)CCC1NC(=O)NC1CCC(O)CC1. The molecule has 25 heavy (non-hydrogen) atoms. The highest BCUT2D eigenvalue weighted by molar-refractivity contribution is 5.74. The Morgan fingerprint density at radius 2 is 2.04 bits per heavy atom. The Morgan fingerprint density at radius 3 is 2.72 bits per heavy atom. The van der Waals surface area contributed by atoms with E-state index < -0.39 is 0 Å². The third-order valence-electron chi connectivity index (χ3n) is 5.45. The first kappa shape index (κ1) is 18.1. The molecule has 0 aromatic carbocycles. The molecule has 1 aromatic heterocycles. The van der Waals surface area contributed by atoms with Crippen LogP contribution in [0.4, 0.5) is 4.79 Å². The largest absolute Gasteiger partial charge is 0.393 e. The minimum absolute atomic E-state index is 0.0589. The number of nitrogens with one attached hydrogen (secondary N) is 2. The van der Waals surface area contributed by atoms with E-state index in [1.807, 2.05) is 18.3 Å². The molecule has 6 nitrogen and oxygen atoms in total. The maximum atomic E-state index is 12.3. The summed E-state index contributed by atoms with van der Waals surface area (Å²) in [5, 5.41) is 15.8. The Hall–Kier alpha value is -1.66. The Morgan fingerprint density at radius 1 is 1.24 bits per heavy atom. The molecule has 2 unspecified atom stereocenters. The average Bonchev–Trinajstić information content (AvgIpc) is 2.60. The standard InChI is InChI=1S/C19H30N4O2/c1-14-12-23(13-16-4-2-3-10-20-16)11-9-18(14)22-19(25)21-15-5-7-17(24)8-6-15/h2-4,10,14-15,17-18,24H,5-9,11-13H2,1H3,(H2,21,22,25). The lowest BCUT2D eigenvalue weighted by molar-refractivity contribution is 0.115. The summed E-state index contributed by atoms with van der Waals surface area (Å²) in [6.07, 6.45) is 5.91. The van der Waals surface area contributed by atoms with Gasteiger partial charge in [-0.15, -0.1) is 0 Å². The molecule has 0 bridgehead atoms. The van der Waals surface area contributed by atoms with Gasteiger partial charge in [-0.05, 0) is 50.2 Å². The summed E-state index contributed by atoms with van der Waals surface area (Å²) in [4.78, 5) is 19.1. The second-order valence-electron chi connectivity index (χ2n) is 7.55. The number of carbonyl (C=O) groups is 1. The molecule has 1 aliphatic heterocycles. The number of amides is 2. The fourth-order valence-corrected chi connectivity index (χ4v) is 3.93. The molecule has 1 aliphatic carbocycles. The number of nitrogens with zero attached hydrogens (tertiary/aromatic N) is 2. The first-order valence-electron chi connectivity index (χ1n) is 9.47. The van der Waals surface area contributed by atoms with Crippen molar-refractivity contribution in [2.75, 3.05) is 13.1 Å². The molecular formula is C19H30N4O2. The Labute approximate surface area is 150 Å². The Balaban J connectivity index is 1.41. The van der Waals surface area contributed by atoms with Gasteiger partial charge in [0, 0.05) is 37.9 Å². The minimum atomic E-state index is -0.190. The number of aliphatic hydroxyl groups is 1. The highest BCUT2D eigenvalue weighted by atomic mass is 16.3. The molecule has 1 aromatic rings. The number of carbonyl (C=O) groups excluding carboxylic acids is 1. The maximum Gasteiger partial charge on any atom is 0.315 e. The smallest absolute Gasteiger partial charge is 0.315 e. The zero-order valence-electron chi connectivity index (χ0n) is 15.0. The zero-order valence-corrected chi connectivity index (χ0v) is 15.0. The van der Waals surface area contributed by atoms with Gasteiger partial charge in [0.2, 0.25) is 0 Å². The summed E-state index contributed by atoms with van der Waals surface area (Å²) in [5.41, 5.74) is 1.10. The molecule has 2 amide bonds. The monoisotopic (exact) mass is 346 g/mol. The molecule has 1 saturated carbocycles. The highest BCUT2D eigenvalue weighted by Gasteiger charge is 2.28. The molecule has 2 aliphatic rings. The normalized spacial score (nSPS) is 30.6. The molecular weight excluding hydrogens is 316 g/mol. The van der Waals surface area contributed by atoms with Crippen LogP contribution in [0.5, 0.6) is 0 Å². The van der Waals surface area contributed by atoms with Gasteiger partial charge in [0.25, 0.3) is 0 Å². The van der Waals surface area contributed by atoms with Gasteiger partial charge in [0.05, 0.1) is 11.8 Å². The molecule has 0 radical (unpaired) electrons. The lowest BCUT2D eigenvalue weighted by Gasteiger charge is -2.37. The fourth-order valence-electron chi connectivity index (χ4n) is 3.93. The first-order valence-corrected chi connectivity index (χ1v) is 9.47. The Kier molecular flexibility index (Phi) is 6.26. The average molecular weight is 346 g/mol. The molecule has 2 atom stereocenters. The van der Waals surface area contributed by atoms with E-state index >= 15 is 0 Å². The van der Waals surface area contributed by atoms with Crippen molar-refractivity contribution in [2.45, 2.75) is 63.8 Å². The van der Waals surface area contributed by atoms with Crippen LogP contribution in [-0.2, 0) is 6.54 Å². The molecule has 2 fully saturated rings. The van der Waals surface area contributed by atoms with Gasteiger partial charge in [0.1, 0.15) is 0 Å². The van der Waals surface area contributed by atoms with Crippen molar-refractivity contribution in [3.05, 3.63) is 30.1 Å². The molecule has 1 saturated heterocycles. The second-order valence-corrected chi connectivity index (χ2v) is 7.55. The number of rotatable bonds is 4. The quantitative estimate of drug-likeness (QED) is 0.778. The van der Waals surface area contributed by atoms with E-state index in [2.05, 4.69) is 33.5 Å². The van der Waals surface area contributed by atoms with Gasteiger partial charge < -0.3 is 15.7 Å². The van der Waals surface area contributed by atoms with E-state index in [0.29, 0.717) is 5.92 Å². The molecule has 6 heteroatoms. The minimum Gasteiger partial charge on any atom is -0.393 e. The third kappa shape index (κ3) is 5.41. The summed E-state index contributed by atoms with van der Waals surface area (Å²) < 4.78 is 0. The van der Waals surface area contributed by atoms with E-state index in [0.717, 1.165) is 57.4 Å². The number of urea groups is 1. The van der Waals surface area contributed by atoms with Crippen molar-refractivity contribution in [1.29, 1.82) is 0 Å². The molecule has 3 rings (SSSR count). The number of piperidine rings is 1. The molecule has 2 heterocycles. The van der Waals surface area contributed by atoms with E-state index in [-0.39, 0.29) is 24.2 Å². The summed E-state index contributed by atoms with van der Waals surface area (Å²) in [6, 6.07) is 6.38. The summed E-state index contributed by atoms with van der Waals surface area (Å²) in [5.74, 6) is 0.413. The number of pyridine rings is 1. The third-order valence-corrected chi connectivity index (χ3v) is 5.45. The Bertz CT molecular complexity index is 546. The van der Waals surface area contributed by atoms with Gasteiger partial charge in [-0.2, -0.15) is 0 Å². The topological polar surface area (TPSA) is 77.5 Å². The van der Waals surface area contributed by atoms with Crippen molar-refractivity contribution in [1.82, 2.24) is 20.5 Å². The van der Waals surface area contributed by atoms with Crippen LogP contribution in [0.15, 0.2) is 24.4 Å². The maximum absolute atomic E-state index is 12.3.